The SMILES string of the molecule is CC(CN1CCC(N)C1)N(C)C. The monoisotopic (exact) mass is 171 g/mol. The molecule has 0 aliphatic carbocycles. The molecule has 3 nitrogen and oxygen atoms in total. The van der Waals surface area contributed by atoms with E-state index in [9.17, 15) is 0 Å². The first-order valence-electron chi connectivity index (χ1n) is 4.74. The molecule has 2 N–H and O–H groups in total. The molecule has 3 heteroatoms. The third kappa shape index (κ3) is 2.73. The number of likely N-dealkylation sites (tertiary alicyclic amines) is 1. The van der Waals surface area contributed by atoms with E-state index in [0.29, 0.717) is 12.1 Å². The van der Waals surface area contributed by atoms with Crippen LogP contribution in [0, 0.1) is 0 Å². The van der Waals surface area contributed by atoms with Crippen LogP contribution in [0.25, 0.3) is 0 Å². The quantitative estimate of drug-likeness (QED) is 0.647. The molecule has 72 valence electrons. The minimum absolute atomic E-state index is 0.416. The van der Waals surface area contributed by atoms with Crippen molar-refractivity contribution in [3.63, 3.8) is 0 Å². The Labute approximate surface area is 75.5 Å². The van der Waals surface area contributed by atoms with Crippen molar-refractivity contribution >= 4 is 0 Å². The fourth-order valence-corrected chi connectivity index (χ4v) is 1.57. The zero-order valence-corrected chi connectivity index (χ0v) is 8.45. The summed E-state index contributed by atoms with van der Waals surface area (Å²) < 4.78 is 0. The van der Waals surface area contributed by atoms with Gasteiger partial charge >= 0.3 is 0 Å². The third-order valence-corrected chi connectivity index (χ3v) is 2.71. The van der Waals surface area contributed by atoms with Gasteiger partial charge in [0, 0.05) is 25.2 Å². The van der Waals surface area contributed by atoms with Gasteiger partial charge in [0.05, 0.1) is 0 Å². The van der Waals surface area contributed by atoms with Crippen molar-refractivity contribution in [1.29, 1.82) is 0 Å². The first kappa shape index (κ1) is 9.96. The maximum Gasteiger partial charge on any atom is 0.0188 e. The van der Waals surface area contributed by atoms with Gasteiger partial charge in [-0.15, -0.1) is 0 Å². The molecule has 0 amide bonds. The van der Waals surface area contributed by atoms with E-state index < -0.39 is 0 Å². The van der Waals surface area contributed by atoms with Crippen molar-refractivity contribution in [3.05, 3.63) is 0 Å². The van der Waals surface area contributed by atoms with Gasteiger partial charge in [-0.1, -0.05) is 0 Å². The smallest absolute Gasteiger partial charge is 0.0188 e. The maximum atomic E-state index is 5.82. The highest BCUT2D eigenvalue weighted by Gasteiger charge is 2.20. The van der Waals surface area contributed by atoms with Crippen LogP contribution in [0.3, 0.4) is 0 Å². The highest BCUT2D eigenvalue weighted by Crippen LogP contribution is 2.08. The molecule has 0 saturated carbocycles. The van der Waals surface area contributed by atoms with Crippen molar-refractivity contribution in [2.45, 2.75) is 25.4 Å². The van der Waals surface area contributed by atoms with E-state index in [0.717, 1.165) is 13.1 Å². The lowest BCUT2D eigenvalue weighted by Gasteiger charge is -2.25. The molecule has 2 atom stereocenters. The summed E-state index contributed by atoms with van der Waals surface area (Å²) in [6.45, 7) is 5.67. The average Bonchev–Trinajstić information content (AvgIpc) is 2.35. The first-order valence-corrected chi connectivity index (χ1v) is 4.74. The van der Waals surface area contributed by atoms with Crippen molar-refractivity contribution in [2.75, 3.05) is 33.7 Å². The van der Waals surface area contributed by atoms with E-state index in [1.165, 1.54) is 13.0 Å². The molecule has 0 aromatic carbocycles. The van der Waals surface area contributed by atoms with Gasteiger partial charge in [0.2, 0.25) is 0 Å². The lowest BCUT2D eigenvalue weighted by atomic mass is 10.3. The van der Waals surface area contributed by atoms with Crippen molar-refractivity contribution in [3.8, 4) is 0 Å². The highest BCUT2D eigenvalue weighted by atomic mass is 15.2. The van der Waals surface area contributed by atoms with Gasteiger partial charge < -0.3 is 15.5 Å². The summed E-state index contributed by atoms with van der Waals surface area (Å²) in [4.78, 5) is 4.71. The first-order chi connectivity index (χ1) is 5.59. The Bertz CT molecular complexity index is 136. The molecular formula is C9H21N3. The number of likely N-dealkylation sites (N-methyl/N-ethyl adjacent to an activating group) is 1. The predicted molar refractivity (Wildman–Crippen MR) is 52.2 cm³/mol. The summed E-state index contributed by atoms with van der Waals surface area (Å²) >= 11 is 0. The lowest BCUT2D eigenvalue weighted by molar-refractivity contribution is 0.219. The number of hydrogen-bond donors (Lipinski definition) is 1. The summed E-state index contributed by atoms with van der Waals surface area (Å²) in [5.41, 5.74) is 5.82. The van der Waals surface area contributed by atoms with E-state index >= 15 is 0 Å². The second-order valence-corrected chi connectivity index (χ2v) is 4.12. The third-order valence-electron chi connectivity index (χ3n) is 2.71. The molecule has 0 aromatic rings. The highest BCUT2D eigenvalue weighted by molar-refractivity contribution is 4.80. The molecule has 1 aliphatic rings. The van der Waals surface area contributed by atoms with E-state index in [1.807, 2.05) is 0 Å². The molecule has 2 unspecified atom stereocenters. The van der Waals surface area contributed by atoms with Gasteiger partial charge in [-0.05, 0) is 34.0 Å². The van der Waals surface area contributed by atoms with Gasteiger partial charge in [0.1, 0.15) is 0 Å². The Balaban J connectivity index is 2.23. The molecule has 1 rings (SSSR count). The van der Waals surface area contributed by atoms with E-state index in [1.54, 1.807) is 0 Å². The molecule has 0 spiro atoms. The van der Waals surface area contributed by atoms with Gasteiger partial charge in [-0.25, -0.2) is 0 Å². The number of rotatable bonds is 3. The zero-order chi connectivity index (χ0) is 9.14. The van der Waals surface area contributed by atoms with Crippen LogP contribution < -0.4 is 5.73 Å². The Morgan fingerprint density at radius 3 is 2.67 bits per heavy atom. The standard InChI is InChI=1S/C9H21N3/c1-8(11(2)3)6-12-5-4-9(10)7-12/h8-9H,4-7,10H2,1-3H3. The molecule has 1 aliphatic heterocycles. The van der Waals surface area contributed by atoms with Crippen molar-refractivity contribution in [1.82, 2.24) is 9.80 Å². The second kappa shape index (κ2) is 4.21. The largest absolute Gasteiger partial charge is 0.326 e. The van der Waals surface area contributed by atoms with Gasteiger partial charge in [-0.2, -0.15) is 0 Å². The van der Waals surface area contributed by atoms with Crippen LogP contribution in [0.1, 0.15) is 13.3 Å². The Morgan fingerprint density at radius 1 is 1.58 bits per heavy atom. The van der Waals surface area contributed by atoms with Crippen LogP contribution in [-0.4, -0.2) is 55.6 Å². The lowest BCUT2D eigenvalue weighted by Crippen LogP contribution is -2.38. The topological polar surface area (TPSA) is 32.5 Å². The molecule has 0 bridgehead atoms. The van der Waals surface area contributed by atoms with E-state index in [-0.39, 0.29) is 0 Å². The van der Waals surface area contributed by atoms with Gasteiger partial charge in [0.25, 0.3) is 0 Å². The Morgan fingerprint density at radius 2 is 2.25 bits per heavy atom. The fourth-order valence-electron chi connectivity index (χ4n) is 1.57. The molecular weight excluding hydrogens is 150 g/mol. The van der Waals surface area contributed by atoms with E-state index in [2.05, 4.69) is 30.8 Å². The summed E-state index contributed by atoms with van der Waals surface area (Å²) in [7, 11) is 4.25. The van der Waals surface area contributed by atoms with Crippen LogP contribution in [0.4, 0.5) is 0 Å². The van der Waals surface area contributed by atoms with Gasteiger partial charge in [0.15, 0.2) is 0 Å². The molecule has 1 fully saturated rings. The van der Waals surface area contributed by atoms with Crippen LogP contribution in [0.5, 0.6) is 0 Å². The average molecular weight is 171 g/mol. The second-order valence-electron chi connectivity index (χ2n) is 4.12. The number of nitrogens with two attached hydrogens (primary N) is 1. The van der Waals surface area contributed by atoms with Crippen LogP contribution in [0.15, 0.2) is 0 Å². The number of nitrogens with zero attached hydrogens (tertiary/aromatic N) is 2. The molecule has 1 saturated heterocycles. The Hall–Kier alpha value is -0.120. The van der Waals surface area contributed by atoms with Crippen molar-refractivity contribution < 1.29 is 0 Å². The molecule has 0 radical (unpaired) electrons. The Kier molecular flexibility index (Phi) is 3.50. The summed E-state index contributed by atoms with van der Waals surface area (Å²) in [6, 6.07) is 1.05. The van der Waals surface area contributed by atoms with Crippen molar-refractivity contribution in [2.24, 2.45) is 5.73 Å². The van der Waals surface area contributed by atoms with Crippen LogP contribution in [0.2, 0.25) is 0 Å². The molecule has 0 aromatic heterocycles. The molecule has 12 heavy (non-hydrogen) atoms. The predicted octanol–water partition coefficient (Wildman–Crippen LogP) is -0.0305. The van der Waals surface area contributed by atoms with Crippen LogP contribution >= 0.6 is 0 Å². The zero-order valence-electron chi connectivity index (χ0n) is 8.45. The van der Waals surface area contributed by atoms with Gasteiger partial charge in [-0.3, -0.25) is 0 Å². The van der Waals surface area contributed by atoms with Crippen LogP contribution in [-0.2, 0) is 0 Å². The maximum absolute atomic E-state index is 5.82. The minimum Gasteiger partial charge on any atom is -0.326 e. The molecule has 1 heterocycles. The summed E-state index contributed by atoms with van der Waals surface area (Å²) in [5.74, 6) is 0. The summed E-state index contributed by atoms with van der Waals surface area (Å²) in [6.07, 6.45) is 1.17. The summed E-state index contributed by atoms with van der Waals surface area (Å²) in [5, 5.41) is 0. The van der Waals surface area contributed by atoms with E-state index in [4.69, 9.17) is 5.73 Å². The number of hydrogen-bond acceptors (Lipinski definition) is 3. The minimum atomic E-state index is 0.416. The fraction of sp³-hybridized carbons (Fsp3) is 1.00. The normalized spacial score (nSPS) is 28.2.